The van der Waals surface area contributed by atoms with Gasteiger partial charge in [0.15, 0.2) is 0 Å². The largest absolute Gasteiger partial charge is 0.468 e. The van der Waals surface area contributed by atoms with Gasteiger partial charge in [0, 0.05) is 23.1 Å². The number of carbonyl (C=O) groups is 2. The number of nitrogens with one attached hydrogen (secondary N) is 1. The van der Waals surface area contributed by atoms with Gasteiger partial charge < -0.3 is 15.0 Å². The van der Waals surface area contributed by atoms with Crippen molar-refractivity contribution in [1.82, 2.24) is 0 Å². The highest BCUT2D eigenvalue weighted by molar-refractivity contribution is 8.00. The Hall–Kier alpha value is -2.47. The fourth-order valence-corrected chi connectivity index (χ4v) is 3.17. The van der Waals surface area contributed by atoms with Gasteiger partial charge in [-0.3, -0.25) is 9.59 Å². The van der Waals surface area contributed by atoms with Crippen LogP contribution in [0.2, 0.25) is 0 Å². The Morgan fingerprint density at radius 2 is 1.62 bits per heavy atom. The molecule has 0 heterocycles. The van der Waals surface area contributed by atoms with E-state index in [0.29, 0.717) is 0 Å². The van der Waals surface area contributed by atoms with Crippen molar-refractivity contribution >= 4 is 40.7 Å². The lowest BCUT2D eigenvalue weighted by molar-refractivity contribution is -0.137. The molecular weight excluding hydrogens is 348 g/mol. The van der Waals surface area contributed by atoms with Crippen LogP contribution in [0.1, 0.15) is 13.8 Å². The first-order valence-electron chi connectivity index (χ1n) is 8.40. The number of ether oxygens (including phenoxy) is 1. The SMILES string of the molecule is COC(=O)CSCC(=O)N(c1ccc(Nc2ccccc2)cc1)C(C)C. The highest BCUT2D eigenvalue weighted by atomic mass is 32.2. The van der Waals surface area contributed by atoms with Gasteiger partial charge in [-0.1, -0.05) is 18.2 Å². The van der Waals surface area contributed by atoms with E-state index in [1.807, 2.05) is 68.4 Å². The zero-order chi connectivity index (χ0) is 18.9. The van der Waals surface area contributed by atoms with Gasteiger partial charge in [-0.2, -0.15) is 0 Å². The first kappa shape index (κ1) is 19.8. The van der Waals surface area contributed by atoms with Crippen molar-refractivity contribution in [2.24, 2.45) is 0 Å². The van der Waals surface area contributed by atoms with E-state index in [2.05, 4.69) is 10.1 Å². The monoisotopic (exact) mass is 372 g/mol. The fraction of sp³-hybridized carbons (Fsp3) is 0.300. The number of rotatable bonds is 8. The Morgan fingerprint density at radius 1 is 1.00 bits per heavy atom. The van der Waals surface area contributed by atoms with Gasteiger partial charge in [0.05, 0.1) is 18.6 Å². The molecule has 0 fully saturated rings. The van der Waals surface area contributed by atoms with Crippen molar-refractivity contribution in [3.63, 3.8) is 0 Å². The number of para-hydroxylation sites is 1. The maximum absolute atomic E-state index is 12.6. The predicted octanol–water partition coefficient (Wildman–Crippen LogP) is 4.08. The van der Waals surface area contributed by atoms with Crippen molar-refractivity contribution in [2.75, 3.05) is 28.8 Å². The molecule has 0 radical (unpaired) electrons. The quantitative estimate of drug-likeness (QED) is 0.708. The van der Waals surface area contributed by atoms with Crippen LogP contribution in [0.25, 0.3) is 0 Å². The lowest BCUT2D eigenvalue weighted by atomic mass is 10.2. The van der Waals surface area contributed by atoms with Crippen LogP contribution in [-0.4, -0.2) is 36.5 Å². The summed E-state index contributed by atoms with van der Waals surface area (Å²) in [5.74, 6) is 0.0544. The van der Waals surface area contributed by atoms with Crippen LogP contribution in [0, 0.1) is 0 Å². The van der Waals surface area contributed by atoms with Gasteiger partial charge in [-0.25, -0.2) is 0 Å². The molecule has 0 aliphatic carbocycles. The standard InChI is InChI=1S/C20H24N2O3S/c1-15(2)22(19(23)13-26-14-20(24)25-3)18-11-9-17(10-12-18)21-16-7-5-4-6-8-16/h4-12,15,21H,13-14H2,1-3H3. The smallest absolute Gasteiger partial charge is 0.315 e. The molecule has 0 saturated heterocycles. The highest BCUT2D eigenvalue weighted by Gasteiger charge is 2.19. The molecule has 0 aliphatic heterocycles. The van der Waals surface area contributed by atoms with E-state index in [-0.39, 0.29) is 29.4 Å². The fourth-order valence-electron chi connectivity index (χ4n) is 2.47. The maximum Gasteiger partial charge on any atom is 0.315 e. The molecule has 5 nitrogen and oxygen atoms in total. The molecule has 0 spiro atoms. The molecule has 26 heavy (non-hydrogen) atoms. The Morgan fingerprint density at radius 3 is 2.19 bits per heavy atom. The van der Waals surface area contributed by atoms with Crippen molar-refractivity contribution < 1.29 is 14.3 Å². The summed E-state index contributed by atoms with van der Waals surface area (Å²) in [5, 5.41) is 3.32. The summed E-state index contributed by atoms with van der Waals surface area (Å²) >= 11 is 1.26. The summed E-state index contributed by atoms with van der Waals surface area (Å²) in [5.41, 5.74) is 2.80. The Kier molecular flexibility index (Phi) is 7.53. The molecule has 0 atom stereocenters. The van der Waals surface area contributed by atoms with Crippen LogP contribution in [-0.2, 0) is 14.3 Å². The molecule has 138 valence electrons. The summed E-state index contributed by atoms with van der Waals surface area (Å²) < 4.78 is 4.59. The van der Waals surface area contributed by atoms with Crippen molar-refractivity contribution in [3.8, 4) is 0 Å². The van der Waals surface area contributed by atoms with Crippen LogP contribution in [0.3, 0.4) is 0 Å². The van der Waals surface area contributed by atoms with Crippen molar-refractivity contribution in [1.29, 1.82) is 0 Å². The summed E-state index contributed by atoms with van der Waals surface area (Å²) in [6, 6.07) is 17.7. The lowest BCUT2D eigenvalue weighted by Gasteiger charge is -2.27. The van der Waals surface area contributed by atoms with Gasteiger partial charge in [-0.15, -0.1) is 11.8 Å². The summed E-state index contributed by atoms with van der Waals surface area (Å²) in [6.07, 6.45) is 0. The highest BCUT2D eigenvalue weighted by Crippen LogP contribution is 2.23. The first-order chi connectivity index (χ1) is 12.5. The molecule has 0 aliphatic rings. The molecular formula is C20H24N2O3S. The number of nitrogens with zero attached hydrogens (tertiary/aromatic N) is 1. The van der Waals surface area contributed by atoms with E-state index in [1.54, 1.807) is 4.90 Å². The Balaban J connectivity index is 2.02. The molecule has 0 saturated carbocycles. The summed E-state index contributed by atoms with van der Waals surface area (Å²) in [7, 11) is 1.34. The van der Waals surface area contributed by atoms with Crippen LogP contribution in [0.5, 0.6) is 0 Å². The molecule has 2 rings (SSSR count). The predicted molar refractivity (Wildman–Crippen MR) is 108 cm³/mol. The number of anilines is 3. The zero-order valence-electron chi connectivity index (χ0n) is 15.3. The van der Waals surface area contributed by atoms with E-state index < -0.39 is 0 Å². The minimum atomic E-state index is -0.324. The molecule has 2 aromatic rings. The number of carbonyl (C=O) groups excluding carboxylic acids is 2. The third kappa shape index (κ3) is 5.81. The van der Waals surface area contributed by atoms with Gasteiger partial charge in [0.1, 0.15) is 0 Å². The normalized spacial score (nSPS) is 10.5. The summed E-state index contributed by atoms with van der Waals surface area (Å²) in [6.45, 7) is 3.94. The molecule has 0 bridgehead atoms. The van der Waals surface area contributed by atoms with Crippen LogP contribution >= 0.6 is 11.8 Å². The van der Waals surface area contributed by atoms with E-state index in [9.17, 15) is 9.59 Å². The minimum absolute atomic E-state index is 0.0224. The zero-order valence-corrected chi connectivity index (χ0v) is 16.1. The summed E-state index contributed by atoms with van der Waals surface area (Å²) in [4.78, 5) is 25.5. The van der Waals surface area contributed by atoms with E-state index in [0.717, 1.165) is 17.1 Å². The topological polar surface area (TPSA) is 58.6 Å². The molecule has 1 N–H and O–H groups in total. The second kappa shape index (κ2) is 9.87. The second-order valence-corrected chi connectivity index (χ2v) is 6.95. The maximum atomic E-state index is 12.6. The molecule has 6 heteroatoms. The average Bonchev–Trinajstić information content (AvgIpc) is 2.63. The second-order valence-electron chi connectivity index (χ2n) is 5.96. The number of benzene rings is 2. The molecule has 0 unspecified atom stereocenters. The van der Waals surface area contributed by atoms with E-state index in [1.165, 1.54) is 18.9 Å². The number of esters is 1. The van der Waals surface area contributed by atoms with Crippen molar-refractivity contribution in [2.45, 2.75) is 19.9 Å². The van der Waals surface area contributed by atoms with E-state index in [4.69, 9.17) is 0 Å². The third-order valence-corrected chi connectivity index (χ3v) is 4.56. The van der Waals surface area contributed by atoms with Gasteiger partial charge in [0.2, 0.25) is 5.91 Å². The number of thioether (sulfide) groups is 1. The van der Waals surface area contributed by atoms with Crippen LogP contribution in [0.15, 0.2) is 54.6 Å². The average molecular weight is 372 g/mol. The molecule has 0 aromatic heterocycles. The van der Waals surface area contributed by atoms with Gasteiger partial charge in [-0.05, 0) is 50.2 Å². The lowest BCUT2D eigenvalue weighted by Crippen LogP contribution is -2.38. The van der Waals surface area contributed by atoms with Gasteiger partial charge >= 0.3 is 5.97 Å². The Labute approximate surface area is 158 Å². The number of amides is 1. The van der Waals surface area contributed by atoms with Crippen LogP contribution < -0.4 is 10.2 Å². The Bertz CT molecular complexity index is 718. The van der Waals surface area contributed by atoms with Crippen molar-refractivity contribution in [3.05, 3.63) is 54.6 Å². The first-order valence-corrected chi connectivity index (χ1v) is 9.55. The number of methoxy groups -OCH3 is 1. The number of hydrogen-bond acceptors (Lipinski definition) is 5. The number of hydrogen-bond donors (Lipinski definition) is 1. The van der Waals surface area contributed by atoms with E-state index >= 15 is 0 Å². The molecule has 1 amide bonds. The van der Waals surface area contributed by atoms with Crippen LogP contribution in [0.4, 0.5) is 17.1 Å². The third-order valence-electron chi connectivity index (χ3n) is 3.67. The minimum Gasteiger partial charge on any atom is -0.468 e. The molecule has 2 aromatic carbocycles. The van der Waals surface area contributed by atoms with Gasteiger partial charge in [0.25, 0.3) is 0 Å².